The van der Waals surface area contributed by atoms with Gasteiger partial charge in [0.2, 0.25) is 0 Å². The lowest BCUT2D eigenvalue weighted by molar-refractivity contribution is -0.389. The zero-order valence-corrected chi connectivity index (χ0v) is 5.99. The molecule has 63 valence electrons. The normalized spacial score (nSPS) is 7.83. The van der Waals surface area contributed by atoms with Crippen molar-refractivity contribution in [3.05, 3.63) is 34.5 Å². The third kappa shape index (κ3) is 4.37. The van der Waals surface area contributed by atoms with Crippen LogP contribution in [0.25, 0.3) is 0 Å². The van der Waals surface area contributed by atoms with E-state index >= 15 is 0 Å². The van der Waals surface area contributed by atoms with Crippen LogP contribution < -0.4 is 0 Å². The molecule has 0 saturated carbocycles. The van der Waals surface area contributed by atoms with Gasteiger partial charge < -0.3 is 20.2 Å². The number of aromatic nitrogens is 1. The summed E-state index contributed by atoms with van der Waals surface area (Å²) < 4.78 is 0. The Bertz CT molecular complexity index is 230. The van der Waals surface area contributed by atoms with Crippen molar-refractivity contribution >= 4 is 13.5 Å². The molecule has 1 rings (SSSR count). The minimum atomic E-state index is -0.528. The molecule has 6 nitrogen and oxygen atoms in total. The molecular formula is C5H6BN2O4. The molecular weight excluding hydrogens is 163 g/mol. The van der Waals surface area contributed by atoms with Crippen LogP contribution in [0.1, 0.15) is 0 Å². The average Bonchev–Trinajstić information content (AvgIpc) is 2.07. The predicted octanol–water partition coefficient (Wildman–Crippen LogP) is -0.505. The van der Waals surface area contributed by atoms with Crippen LogP contribution in [0.2, 0.25) is 0 Å². The Balaban J connectivity index is 0.000000354. The maximum atomic E-state index is 9.94. The molecule has 0 aliphatic carbocycles. The average molecular weight is 169 g/mol. The summed E-state index contributed by atoms with van der Waals surface area (Å²) >= 11 is 0. The number of hydrogen-bond acceptors (Lipinski definition) is 5. The van der Waals surface area contributed by atoms with Crippen LogP contribution in [0.5, 0.6) is 0 Å². The lowest BCUT2D eigenvalue weighted by atomic mass is 10.5. The highest BCUT2D eigenvalue weighted by molar-refractivity contribution is 6.13. The van der Waals surface area contributed by atoms with Crippen LogP contribution in [0.3, 0.4) is 0 Å². The molecule has 1 heterocycles. The van der Waals surface area contributed by atoms with E-state index in [2.05, 4.69) is 4.98 Å². The number of nitrogens with zero attached hydrogens (tertiary/aromatic N) is 2. The molecule has 1 aromatic heterocycles. The molecule has 7 heteroatoms. The summed E-state index contributed by atoms with van der Waals surface area (Å²) in [5.41, 5.74) is 0. The summed E-state index contributed by atoms with van der Waals surface area (Å²) in [7, 11) is 0. The Morgan fingerprint density at radius 2 is 2.08 bits per heavy atom. The maximum Gasteiger partial charge on any atom is 0.482 e. The molecule has 0 spiro atoms. The van der Waals surface area contributed by atoms with Gasteiger partial charge in [-0.3, -0.25) is 0 Å². The van der Waals surface area contributed by atoms with Gasteiger partial charge in [-0.1, -0.05) is 6.07 Å². The van der Waals surface area contributed by atoms with Crippen LogP contribution in [0.4, 0.5) is 5.82 Å². The molecule has 0 saturated heterocycles. The predicted molar refractivity (Wildman–Crippen MR) is 41.1 cm³/mol. The van der Waals surface area contributed by atoms with Crippen molar-refractivity contribution in [2.45, 2.75) is 0 Å². The Hall–Kier alpha value is -1.47. The number of hydrogen-bond donors (Lipinski definition) is 2. The summed E-state index contributed by atoms with van der Waals surface area (Å²) in [5, 5.41) is 23.9. The zero-order chi connectivity index (χ0) is 9.40. The second-order valence-corrected chi connectivity index (χ2v) is 1.56. The van der Waals surface area contributed by atoms with Crippen molar-refractivity contribution in [1.29, 1.82) is 0 Å². The van der Waals surface area contributed by atoms with E-state index in [9.17, 15) is 10.1 Å². The van der Waals surface area contributed by atoms with Gasteiger partial charge in [-0.05, 0) is 16.0 Å². The van der Waals surface area contributed by atoms with E-state index in [4.69, 9.17) is 10.0 Å². The van der Waals surface area contributed by atoms with Gasteiger partial charge in [-0.2, -0.15) is 0 Å². The fourth-order valence-electron chi connectivity index (χ4n) is 0.462. The fraction of sp³-hybridized carbons (Fsp3) is 0. The second kappa shape index (κ2) is 6.26. The van der Waals surface area contributed by atoms with E-state index in [0.29, 0.717) is 0 Å². The van der Waals surface area contributed by atoms with E-state index in [1.54, 1.807) is 12.1 Å². The van der Waals surface area contributed by atoms with Gasteiger partial charge in [-0.25, -0.2) is 0 Å². The summed E-state index contributed by atoms with van der Waals surface area (Å²) in [4.78, 5) is 12.9. The van der Waals surface area contributed by atoms with Crippen molar-refractivity contribution in [1.82, 2.24) is 4.98 Å². The molecule has 0 fully saturated rings. The van der Waals surface area contributed by atoms with Crippen LogP contribution in [-0.2, 0) is 0 Å². The molecule has 0 unspecified atom stereocenters. The summed E-state index contributed by atoms with van der Waals surface area (Å²) in [6.07, 6.45) is 1.39. The minimum Gasteiger partial charge on any atom is -0.429 e. The van der Waals surface area contributed by atoms with Gasteiger partial charge >= 0.3 is 13.5 Å². The first-order chi connectivity index (χ1) is 5.72. The third-order valence-electron chi connectivity index (χ3n) is 0.836. The van der Waals surface area contributed by atoms with E-state index < -0.39 is 4.92 Å². The maximum absolute atomic E-state index is 9.94. The van der Waals surface area contributed by atoms with Crippen molar-refractivity contribution in [3.8, 4) is 0 Å². The Kier molecular flexibility index (Phi) is 5.49. The van der Waals surface area contributed by atoms with Crippen molar-refractivity contribution in [2.75, 3.05) is 0 Å². The Labute approximate surface area is 69.0 Å². The van der Waals surface area contributed by atoms with Crippen LogP contribution in [0.15, 0.2) is 24.4 Å². The molecule has 12 heavy (non-hydrogen) atoms. The molecule has 0 aliphatic heterocycles. The van der Waals surface area contributed by atoms with E-state index in [0.717, 1.165) is 0 Å². The van der Waals surface area contributed by atoms with Gasteiger partial charge in [0.15, 0.2) is 0 Å². The quantitative estimate of drug-likeness (QED) is 0.335. The van der Waals surface area contributed by atoms with E-state index in [1.165, 1.54) is 12.3 Å². The highest BCUT2D eigenvalue weighted by Crippen LogP contribution is 2.01. The lowest BCUT2D eigenvalue weighted by Gasteiger charge is -1.86. The fourth-order valence-corrected chi connectivity index (χ4v) is 0.462. The third-order valence-corrected chi connectivity index (χ3v) is 0.836. The monoisotopic (exact) mass is 169 g/mol. The van der Waals surface area contributed by atoms with E-state index in [1.807, 2.05) is 0 Å². The topological polar surface area (TPSA) is 96.5 Å². The SMILES string of the molecule is O=[N+]([O-])c1ccccn1.O[B]O. The standard InChI is InChI=1S/C5H4N2O2.BH2O2/c8-7(9)5-3-1-2-4-6-5;2-1-3/h1-4H;2-3H. The highest BCUT2D eigenvalue weighted by atomic mass is 16.6. The number of rotatable bonds is 1. The minimum absolute atomic E-state index is 0. The molecule has 0 aliphatic rings. The van der Waals surface area contributed by atoms with Gasteiger partial charge in [-0.15, -0.1) is 0 Å². The smallest absolute Gasteiger partial charge is 0.429 e. The zero-order valence-electron chi connectivity index (χ0n) is 5.99. The Morgan fingerprint density at radius 3 is 2.33 bits per heavy atom. The first kappa shape index (κ1) is 10.5. The molecule has 0 aromatic carbocycles. The molecule has 0 bridgehead atoms. The lowest BCUT2D eigenvalue weighted by Crippen LogP contribution is -1.88. The molecule has 0 amide bonds. The van der Waals surface area contributed by atoms with E-state index in [-0.39, 0.29) is 13.5 Å². The largest absolute Gasteiger partial charge is 0.482 e. The molecule has 1 aromatic rings. The number of nitro groups is 1. The van der Waals surface area contributed by atoms with Crippen LogP contribution in [-0.4, -0.2) is 27.6 Å². The summed E-state index contributed by atoms with van der Waals surface area (Å²) in [6, 6.07) is 4.55. The summed E-state index contributed by atoms with van der Waals surface area (Å²) in [6.45, 7) is 0. The van der Waals surface area contributed by atoms with Crippen molar-refractivity contribution < 1.29 is 15.0 Å². The first-order valence-corrected chi connectivity index (χ1v) is 2.88. The van der Waals surface area contributed by atoms with Crippen LogP contribution in [0, 0.1) is 10.1 Å². The molecule has 2 N–H and O–H groups in total. The second-order valence-electron chi connectivity index (χ2n) is 1.56. The molecule has 1 radical (unpaired) electrons. The highest BCUT2D eigenvalue weighted by Gasteiger charge is 2.00. The van der Waals surface area contributed by atoms with Gasteiger partial charge in [0, 0.05) is 6.07 Å². The van der Waals surface area contributed by atoms with Crippen molar-refractivity contribution in [2.24, 2.45) is 0 Å². The number of pyridine rings is 1. The Morgan fingerprint density at radius 1 is 1.50 bits per heavy atom. The van der Waals surface area contributed by atoms with Gasteiger partial charge in [0.25, 0.3) is 0 Å². The van der Waals surface area contributed by atoms with Crippen LogP contribution >= 0.6 is 0 Å². The van der Waals surface area contributed by atoms with Gasteiger partial charge in [0.05, 0.1) is 0 Å². The van der Waals surface area contributed by atoms with Gasteiger partial charge in [0.1, 0.15) is 6.20 Å². The first-order valence-electron chi connectivity index (χ1n) is 2.88. The molecule has 0 atom stereocenters. The van der Waals surface area contributed by atoms with Crippen molar-refractivity contribution in [3.63, 3.8) is 0 Å². The summed E-state index contributed by atoms with van der Waals surface area (Å²) in [5.74, 6) is -0.113.